The molecule has 2 N–H and O–H groups in total. The maximum absolute atomic E-state index is 12.2. The predicted molar refractivity (Wildman–Crippen MR) is 91.9 cm³/mol. The molecule has 1 unspecified atom stereocenters. The first-order valence-corrected chi connectivity index (χ1v) is 7.94. The third kappa shape index (κ3) is 3.56. The van der Waals surface area contributed by atoms with Crippen LogP contribution < -0.4 is 15.4 Å². The Hall–Kier alpha value is -2.82. The minimum atomic E-state index is -0.499. The lowest BCUT2D eigenvalue weighted by Gasteiger charge is -2.23. The molecule has 2 aromatic carbocycles. The van der Waals surface area contributed by atoms with Crippen molar-refractivity contribution in [1.82, 2.24) is 5.32 Å². The number of carbonyl (C=O) groups is 2. The minimum absolute atomic E-state index is 0.0605. The van der Waals surface area contributed by atoms with Gasteiger partial charge in [0.25, 0.3) is 5.91 Å². The number of ether oxygens (including phenoxy) is 1. The summed E-state index contributed by atoms with van der Waals surface area (Å²) in [5.74, 6) is 0.393. The maximum atomic E-state index is 12.2. The molecule has 1 aliphatic heterocycles. The molecule has 1 aliphatic rings. The Labute approximate surface area is 141 Å². The van der Waals surface area contributed by atoms with E-state index >= 15 is 0 Å². The Morgan fingerprint density at radius 3 is 2.83 bits per heavy atom. The van der Waals surface area contributed by atoms with Crippen molar-refractivity contribution in [2.45, 2.75) is 32.9 Å². The molecular weight excluding hydrogens is 304 g/mol. The van der Waals surface area contributed by atoms with Gasteiger partial charge < -0.3 is 15.4 Å². The maximum Gasteiger partial charge on any atom is 0.265 e. The van der Waals surface area contributed by atoms with E-state index in [9.17, 15) is 9.59 Å². The van der Waals surface area contributed by atoms with Crippen molar-refractivity contribution in [3.8, 4) is 5.75 Å². The Morgan fingerprint density at radius 1 is 1.25 bits per heavy atom. The third-order valence-electron chi connectivity index (χ3n) is 4.08. The van der Waals surface area contributed by atoms with Crippen LogP contribution in [0, 0.1) is 6.92 Å². The average Bonchev–Trinajstić information content (AvgIpc) is 2.55. The average molecular weight is 324 g/mol. The summed E-state index contributed by atoms with van der Waals surface area (Å²) < 4.78 is 5.51. The Morgan fingerprint density at radius 2 is 2.04 bits per heavy atom. The van der Waals surface area contributed by atoms with Crippen molar-refractivity contribution in [1.29, 1.82) is 0 Å². The number of benzene rings is 2. The zero-order chi connectivity index (χ0) is 17.1. The number of amides is 2. The lowest BCUT2D eigenvalue weighted by atomic mass is 10.1. The highest BCUT2D eigenvalue weighted by Gasteiger charge is 2.23. The molecule has 2 aromatic rings. The molecule has 0 radical (unpaired) electrons. The number of fused-ring (bicyclic) bond motifs is 1. The first kappa shape index (κ1) is 16.1. The van der Waals surface area contributed by atoms with Gasteiger partial charge in [-0.2, -0.15) is 0 Å². The van der Waals surface area contributed by atoms with Crippen molar-refractivity contribution in [2.24, 2.45) is 0 Å². The second kappa shape index (κ2) is 6.74. The van der Waals surface area contributed by atoms with Gasteiger partial charge in [0.2, 0.25) is 5.91 Å². The highest BCUT2D eigenvalue weighted by Crippen LogP contribution is 2.30. The van der Waals surface area contributed by atoms with Crippen molar-refractivity contribution < 1.29 is 14.3 Å². The smallest absolute Gasteiger partial charge is 0.265 e. The number of anilines is 1. The molecule has 5 heteroatoms. The van der Waals surface area contributed by atoms with E-state index in [-0.39, 0.29) is 18.2 Å². The van der Waals surface area contributed by atoms with E-state index in [1.165, 1.54) is 0 Å². The van der Waals surface area contributed by atoms with Gasteiger partial charge in [0.1, 0.15) is 5.75 Å². The van der Waals surface area contributed by atoms with Gasteiger partial charge in [-0.1, -0.05) is 30.3 Å². The molecule has 24 heavy (non-hydrogen) atoms. The summed E-state index contributed by atoms with van der Waals surface area (Å²) >= 11 is 0. The zero-order valence-electron chi connectivity index (χ0n) is 13.8. The summed E-state index contributed by atoms with van der Waals surface area (Å²) in [7, 11) is 0. The fourth-order valence-corrected chi connectivity index (χ4v) is 2.62. The van der Waals surface area contributed by atoms with Gasteiger partial charge >= 0.3 is 0 Å². The summed E-state index contributed by atoms with van der Waals surface area (Å²) in [6.45, 7) is 4.23. The minimum Gasteiger partial charge on any atom is -0.479 e. The molecule has 1 atom stereocenters. The number of nitrogens with one attached hydrogen (secondary N) is 2. The van der Waals surface area contributed by atoms with Gasteiger partial charge in [-0.15, -0.1) is 0 Å². The fourth-order valence-electron chi connectivity index (χ4n) is 2.62. The van der Waals surface area contributed by atoms with E-state index in [0.29, 0.717) is 18.0 Å². The molecule has 0 bridgehead atoms. The molecule has 0 aromatic heterocycles. The normalized spacial score (nSPS) is 15.9. The van der Waals surface area contributed by atoms with E-state index in [1.54, 1.807) is 19.1 Å². The van der Waals surface area contributed by atoms with Crippen molar-refractivity contribution in [2.75, 3.05) is 5.32 Å². The first-order valence-electron chi connectivity index (χ1n) is 7.94. The predicted octanol–water partition coefficient (Wildman–Crippen LogP) is 2.57. The van der Waals surface area contributed by atoms with Crippen LogP contribution in [0.2, 0.25) is 0 Å². The van der Waals surface area contributed by atoms with Crippen LogP contribution in [-0.4, -0.2) is 17.9 Å². The van der Waals surface area contributed by atoms with Crippen LogP contribution in [0.1, 0.15) is 23.6 Å². The number of rotatable bonds is 4. The van der Waals surface area contributed by atoms with Crippen molar-refractivity contribution >= 4 is 17.5 Å². The van der Waals surface area contributed by atoms with Gasteiger partial charge in [0, 0.05) is 6.54 Å². The SMILES string of the molecule is Cc1ccccc1CNC(=O)Cc1ccc2c(c1)NC(=O)C(C)O2. The molecule has 0 aliphatic carbocycles. The Balaban J connectivity index is 1.62. The van der Waals surface area contributed by atoms with Gasteiger partial charge in [0.15, 0.2) is 6.10 Å². The summed E-state index contributed by atoms with van der Waals surface area (Å²) in [5, 5.41) is 5.72. The van der Waals surface area contributed by atoms with Crippen LogP contribution in [-0.2, 0) is 22.6 Å². The molecular formula is C19H20N2O3. The largest absolute Gasteiger partial charge is 0.479 e. The van der Waals surface area contributed by atoms with Gasteiger partial charge in [-0.05, 0) is 42.7 Å². The summed E-state index contributed by atoms with van der Waals surface area (Å²) in [6, 6.07) is 13.4. The zero-order valence-corrected chi connectivity index (χ0v) is 13.8. The molecule has 0 fully saturated rings. The van der Waals surface area contributed by atoms with Crippen molar-refractivity contribution in [3.05, 3.63) is 59.2 Å². The number of hydrogen-bond acceptors (Lipinski definition) is 3. The lowest BCUT2D eigenvalue weighted by Crippen LogP contribution is -2.34. The van der Waals surface area contributed by atoms with Gasteiger partial charge in [-0.25, -0.2) is 0 Å². The quantitative estimate of drug-likeness (QED) is 0.908. The van der Waals surface area contributed by atoms with Crippen LogP contribution in [0.3, 0.4) is 0 Å². The Kier molecular flexibility index (Phi) is 4.51. The van der Waals surface area contributed by atoms with Crippen molar-refractivity contribution in [3.63, 3.8) is 0 Å². The lowest BCUT2D eigenvalue weighted by molar-refractivity contribution is -0.122. The number of hydrogen-bond donors (Lipinski definition) is 2. The van der Waals surface area contributed by atoms with Crippen LogP contribution in [0.4, 0.5) is 5.69 Å². The second-order valence-corrected chi connectivity index (χ2v) is 5.96. The summed E-state index contributed by atoms with van der Waals surface area (Å²) in [4.78, 5) is 23.8. The van der Waals surface area contributed by atoms with E-state index in [4.69, 9.17) is 4.74 Å². The van der Waals surface area contributed by atoms with Crippen LogP contribution in [0.15, 0.2) is 42.5 Å². The van der Waals surface area contributed by atoms with Crippen LogP contribution >= 0.6 is 0 Å². The van der Waals surface area contributed by atoms with Gasteiger partial charge in [0.05, 0.1) is 12.1 Å². The highest BCUT2D eigenvalue weighted by atomic mass is 16.5. The standard InChI is InChI=1S/C19H20N2O3/c1-12-5-3-4-6-15(12)11-20-18(22)10-14-7-8-17-16(9-14)21-19(23)13(2)24-17/h3-9,13H,10-11H2,1-2H3,(H,20,22)(H,21,23). The summed E-state index contributed by atoms with van der Waals surface area (Å²) in [6.07, 6.45) is -0.245. The molecule has 5 nitrogen and oxygen atoms in total. The van der Waals surface area contributed by atoms with E-state index in [2.05, 4.69) is 10.6 Å². The number of carbonyl (C=O) groups excluding carboxylic acids is 2. The molecule has 124 valence electrons. The monoisotopic (exact) mass is 324 g/mol. The summed E-state index contributed by atoms with van der Waals surface area (Å²) in [5.41, 5.74) is 3.70. The molecule has 3 rings (SSSR count). The van der Waals surface area contributed by atoms with Crippen LogP contribution in [0.5, 0.6) is 5.75 Å². The topological polar surface area (TPSA) is 67.4 Å². The van der Waals surface area contributed by atoms with Gasteiger partial charge in [-0.3, -0.25) is 9.59 Å². The third-order valence-corrected chi connectivity index (χ3v) is 4.08. The number of aryl methyl sites for hydroxylation is 1. The first-order chi connectivity index (χ1) is 11.5. The molecule has 1 heterocycles. The van der Waals surface area contributed by atoms with Crippen LogP contribution in [0.25, 0.3) is 0 Å². The Bertz CT molecular complexity index is 786. The molecule has 0 saturated carbocycles. The van der Waals surface area contributed by atoms with E-state index in [1.807, 2.05) is 37.3 Å². The van der Waals surface area contributed by atoms with E-state index in [0.717, 1.165) is 16.7 Å². The molecule has 0 saturated heterocycles. The fraction of sp³-hybridized carbons (Fsp3) is 0.263. The second-order valence-electron chi connectivity index (χ2n) is 5.96. The highest BCUT2D eigenvalue weighted by molar-refractivity contribution is 5.97. The molecule has 0 spiro atoms. The van der Waals surface area contributed by atoms with E-state index < -0.39 is 6.10 Å². The molecule has 2 amide bonds.